The van der Waals surface area contributed by atoms with Gasteiger partial charge in [-0.15, -0.1) is 0 Å². The van der Waals surface area contributed by atoms with Crippen LogP contribution in [0.5, 0.6) is 0 Å². The Kier molecular flexibility index (Phi) is 2.90. The molecule has 1 aromatic carbocycles. The van der Waals surface area contributed by atoms with Gasteiger partial charge in [0.05, 0.1) is 11.4 Å². The van der Waals surface area contributed by atoms with Crippen molar-refractivity contribution >= 4 is 23.3 Å². The van der Waals surface area contributed by atoms with Gasteiger partial charge < -0.3 is 22.9 Å². The molecule has 0 unspecified atom stereocenters. The molecular formula is C8H12N6. The van der Waals surface area contributed by atoms with E-state index in [9.17, 15) is 0 Å². The third-order valence-electron chi connectivity index (χ3n) is 1.38. The van der Waals surface area contributed by atoms with Crippen LogP contribution in [0.4, 0.5) is 11.4 Å². The van der Waals surface area contributed by atoms with E-state index in [1.807, 2.05) is 0 Å². The lowest BCUT2D eigenvalue weighted by Crippen LogP contribution is -2.22. The van der Waals surface area contributed by atoms with Gasteiger partial charge in [0, 0.05) is 0 Å². The Morgan fingerprint density at radius 3 is 1.43 bits per heavy atom. The number of hydrogen-bond acceptors (Lipinski definition) is 2. The summed E-state index contributed by atoms with van der Waals surface area (Å²) >= 11 is 0. The van der Waals surface area contributed by atoms with Gasteiger partial charge in [0.1, 0.15) is 0 Å². The van der Waals surface area contributed by atoms with Gasteiger partial charge in [-0.05, 0) is 12.1 Å². The van der Waals surface area contributed by atoms with Gasteiger partial charge in [-0.1, -0.05) is 12.1 Å². The van der Waals surface area contributed by atoms with Gasteiger partial charge in [0.2, 0.25) is 0 Å². The highest BCUT2D eigenvalue weighted by molar-refractivity contribution is 5.85. The number of para-hydroxylation sites is 2. The van der Waals surface area contributed by atoms with Crippen molar-refractivity contribution in [3.63, 3.8) is 0 Å². The Morgan fingerprint density at radius 2 is 1.14 bits per heavy atom. The highest BCUT2D eigenvalue weighted by atomic mass is 15.0. The maximum atomic E-state index is 5.24. The fourth-order valence-corrected chi connectivity index (χ4v) is 0.931. The van der Waals surface area contributed by atoms with Crippen LogP contribution in [0.15, 0.2) is 34.3 Å². The highest BCUT2D eigenvalue weighted by Crippen LogP contribution is 2.26. The zero-order valence-corrected chi connectivity index (χ0v) is 7.51. The maximum Gasteiger partial charge on any atom is 0.191 e. The molecule has 0 aromatic heterocycles. The normalized spacial score (nSPS) is 9.14. The molecule has 0 aliphatic carbocycles. The van der Waals surface area contributed by atoms with E-state index in [0.29, 0.717) is 11.4 Å². The number of benzene rings is 1. The third kappa shape index (κ3) is 2.67. The standard InChI is InChI=1S/C8H12N6/c9-7(10)13-5-3-1-2-4-6(5)14-8(11)12/h1-4H,(H4,9,10,13)(H4,11,12,14). The molecule has 0 spiro atoms. The molecule has 0 amide bonds. The molecule has 0 atom stereocenters. The fraction of sp³-hybridized carbons (Fsp3) is 0. The Bertz CT molecular complexity index is 336. The van der Waals surface area contributed by atoms with Crippen molar-refractivity contribution in [1.82, 2.24) is 0 Å². The highest BCUT2D eigenvalue weighted by Gasteiger charge is 1.98. The number of guanidine groups is 2. The van der Waals surface area contributed by atoms with Gasteiger partial charge in [0.15, 0.2) is 11.9 Å². The van der Waals surface area contributed by atoms with Crippen LogP contribution in [0.2, 0.25) is 0 Å². The predicted octanol–water partition coefficient (Wildman–Crippen LogP) is -0.504. The first-order chi connectivity index (χ1) is 6.59. The largest absolute Gasteiger partial charge is 0.370 e. The second-order valence-electron chi connectivity index (χ2n) is 2.56. The summed E-state index contributed by atoms with van der Waals surface area (Å²) in [6.45, 7) is 0. The molecule has 0 fully saturated rings. The number of nitrogens with two attached hydrogens (primary N) is 4. The van der Waals surface area contributed by atoms with Crippen LogP contribution in [0.1, 0.15) is 0 Å². The maximum absolute atomic E-state index is 5.24. The van der Waals surface area contributed by atoms with E-state index in [-0.39, 0.29) is 11.9 Å². The van der Waals surface area contributed by atoms with Crippen molar-refractivity contribution in [1.29, 1.82) is 0 Å². The van der Waals surface area contributed by atoms with Crippen molar-refractivity contribution in [2.75, 3.05) is 0 Å². The first-order valence-corrected chi connectivity index (χ1v) is 3.88. The van der Waals surface area contributed by atoms with Gasteiger partial charge in [-0.25, -0.2) is 9.98 Å². The molecular weight excluding hydrogens is 180 g/mol. The summed E-state index contributed by atoms with van der Waals surface area (Å²) in [4.78, 5) is 7.73. The van der Waals surface area contributed by atoms with Crippen molar-refractivity contribution in [2.24, 2.45) is 32.9 Å². The molecule has 1 aromatic rings. The van der Waals surface area contributed by atoms with Crippen LogP contribution in [-0.2, 0) is 0 Å². The molecule has 14 heavy (non-hydrogen) atoms. The van der Waals surface area contributed by atoms with E-state index >= 15 is 0 Å². The minimum atomic E-state index is -0.0387. The molecule has 1 rings (SSSR count). The predicted molar refractivity (Wildman–Crippen MR) is 57.4 cm³/mol. The summed E-state index contributed by atoms with van der Waals surface area (Å²) in [5.74, 6) is -0.0773. The van der Waals surface area contributed by atoms with Gasteiger partial charge in [0.25, 0.3) is 0 Å². The molecule has 0 aliphatic heterocycles. The van der Waals surface area contributed by atoms with Gasteiger partial charge in [-0.2, -0.15) is 0 Å². The van der Waals surface area contributed by atoms with E-state index in [1.165, 1.54) is 0 Å². The van der Waals surface area contributed by atoms with E-state index in [1.54, 1.807) is 24.3 Å². The average Bonchev–Trinajstić information content (AvgIpc) is 2.06. The monoisotopic (exact) mass is 192 g/mol. The van der Waals surface area contributed by atoms with E-state index in [4.69, 9.17) is 22.9 Å². The van der Waals surface area contributed by atoms with E-state index < -0.39 is 0 Å². The quantitative estimate of drug-likeness (QED) is 0.371. The summed E-state index contributed by atoms with van der Waals surface area (Å²) in [6.07, 6.45) is 0. The molecule has 0 saturated heterocycles. The molecule has 6 heteroatoms. The zero-order chi connectivity index (χ0) is 10.6. The summed E-state index contributed by atoms with van der Waals surface area (Å²) in [6, 6.07) is 6.99. The van der Waals surface area contributed by atoms with Gasteiger partial charge >= 0.3 is 0 Å². The van der Waals surface area contributed by atoms with Crippen molar-refractivity contribution in [3.05, 3.63) is 24.3 Å². The first-order valence-electron chi connectivity index (χ1n) is 3.88. The van der Waals surface area contributed by atoms with Crippen molar-refractivity contribution in [3.8, 4) is 0 Å². The average molecular weight is 192 g/mol. The van der Waals surface area contributed by atoms with E-state index in [2.05, 4.69) is 9.98 Å². The molecule has 74 valence electrons. The fourth-order valence-electron chi connectivity index (χ4n) is 0.931. The number of aliphatic imine (C=N–C) groups is 2. The van der Waals surface area contributed by atoms with Crippen molar-refractivity contribution < 1.29 is 0 Å². The lowest BCUT2D eigenvalue weighted by Gasteiger charge is -2.00. The van der Waals surface area contributed by atoms with Crippen LogP contribution < -0.4 is 22.9 Å². The number of nitrogens with zero attached hydrogens (tertiary/aromatic N) is 2. The molecule has 0 bridgehead atoms. The molecule has 0 radical (unpaired) electrons. The SMILES string of the molecule is NC(N)=Nc1ccccc1N=C(N)N. The number of rotatable bonds is 2. The molecule has 6 nitrogen and oxygen atoms in total. The lowest BCUT2D eigenvalue weighted by molar-refractivity contribution is 1.37. The minimum absolute atomic E-state index is 0.0387. The van der Waals surface area contributed by atoms with Crippen LogP contribution in [0.25, 0.3) is 0 Å². The minimum Gasteiger partial charge on any atom is -0.370 e. The molecule has 0 aliphatic rings. The van der Waals surface area contributed by atoms with Crippen LogP contribution >= 0.6 is 0 Å². The Balaban J connectivity index is 3.16. The Labute approximate surface area is 81.3 Å². The smallest absolute Gasteiger partial charge is 0.191 e. The molecule has 0 saturated carbocycles. The third-order valence-corrected chi connectivity index (χ3v) is 1.38. The van der Waals surface area contributed by atoms with Crippen LogP contribution in [0.3, 0.4) is 0 Å². The summed E-state index contributed by atoms with van der Waals surface area (Å²) < 4.78 is 0. The summed E-state index contributed by atoms with van der Waals surface area (Å²) in [5, 5.41) is 0. The summed E-state index contributed by atoms with van der Waals surface area (Å²) in [5.41, 5.74) is 22.0. The topological polar surface area (TPSA) is 129 Å². The zero-order valence-electron chi connectivity index (χ0n) is 7.51. The van der Waals surface area contributed by atoms with Crippen LogP contribution in [-0.4, -0.2) is 11.9 Å². The van der Waals surface area contributed by atoms with Crippen molar-refractivity contribution in [2.45, 2.75) is 0 Å². The molecule has 0 heterocycles. The lowest BCUT2D eigenvalue weighted by atomic mass is 10.3. The second kappa shape index (κ2) is 4.13. The Hall–Kier alpha value is -2.24. The first kappa shape index (κ1) is 9.85. The Morgan fingerprint density at radius 1 is 0.786 bits per heavy atom. The van der Waals surface area contributed by atoms with Crippen LogP contribution in [0, 0.1) is 0 Å². The van der Waals surface area contributed by atoms with Gasteiger partial charge in [-0.3, -0.25) is 0 Å². The number of hydrogen-bond donors (Lipinski definition) is 4. The molecule has 8 N–H and O–H groups in total. The van der Waals surface area contributed by atoms with E-state index in [0.717, 1.165) is 0 Å². The second-order valence-corrected chi connectivity index (χ2v) is 2.56. The summed E-state index contributed by atoms with van der Waals surface area (Å²) in [7, 11) is 0.